The van der Waals surface area contributed by atoms with Crippen molar-refractivity contribution in [2.75, 3.05) is 26.2 Å². The van der Waals surface area contributed by atoms with Crippen molar-refractivity contribution in [1.82, 2.24) is 9.80 Å². The molecule has 0 bridgehead atoms. The predicted octanol–water partition coefficient (Wildman–Crippen LogP) is 2.29. The highest BCUT2D eigenvalue weighted by atomic mass is 35.5. The normalized spacial score (nSPS) is 30.5. The Morgan fingerprint density at radius 2 is 1.71 bits per heavy atom. The Balaban J connectivity index is 0.00000200. The van der Waals surface area contributed by atoms with E-state index in [1.54, 1.807) is 0 Å². The second-order valence-corrected chi connectivity index (χ2v) is 6.76. The largest absolute Gasteiger partial charge is 0.340 e. The van der Waals surface area contributed by atoms with Gasteiger partial charge in [-0.15, -0.1) is 24.8 Å². The molecule has 2 N–H and O–H groups in total. The van der Waals surface area contributed by atoms with Crippen molar-refractivity contribution in [3.63, 3.8) is 0 Å². The van der Waals surface area contributed by atoms with Crippen molar-refractivity contribution in [2.45, 2.75) is 58.0 Å². The summed E-state index contributed by atoms with van der Waals surface area (Å²) in [6.45, 7) is 10.2. The van der Waals surface area contributed by atoms with E-state index in [0.717, 1.165) is 51.9 Å². The number of carbonyl (C=O) groups is 1. The van der Waals surface area contributed by atoms with Crippen LogP contribution < -0.4 is 5.73 Å². The minimum atomic E-state index is -0.301. The fourth-order valence-corrected chi connectivity index (χ4v) is 3.44. The van der Waals surface area contributed by atoms with Crippen molar-refractivity contribution < 1.29 is 4.79 Å². The lowest BCUT2D eigenvalue weighted by atomic mass is 9.74. The SMILES string of the molecule is CC(C)N1CCN(C(=O)C2CCCCC2(C)N)CC1.Cl.Cl. The smallest absolute Gasteiger partial charge is 0.227 e. The highest BCUT2D eigenvalue weighted by Gasteiger charge is 2.40. The Morgan fingerprint density at radius 1 is 1.14 bits per heavy atom. The van der Waals surface area contributed by atoms with Crippen LogP contribution in [0.5, 0.6) is 0 Å². The van der Waals surface area contributed by atoms with Gasteiger partial charge in [-0.05, 0) is 33.6 Å². The lowest BCUT2D eigenvalue weighted by Crippen LogP contribution is -2.57. The van der Waals surface area contributed by atoms with Crippen molar-refractivity contribution >= 4 is 30.7 Å². The number of amides is 1. The van der Waals surface area contributed by atoms with Gasteiger partial charge in [-0.25, -0.2) is 0 Å². The van der Waals surface area contributed by atoms with Crippen LogP contribution in [0, 0.1) is 5.92 Å². The maximum Gasteiger partial charge on any atom is 0.227 e. The molecule has 21 heavy (non-hydrogen) atoms. The summed E-state index contributed by atoms with van der Waals surface area (Å²) in [7, 11) is 0. The number of carbonyl (C=O) groups excluding carboxylic acids is 1. The van der Waals surface area contributed by atoms with E-state index in [1.165, 1.54) is 0 Å². The first kappa shape index (κ1) is 21.0. The number of nitrogens with two attached hydrogens (primary N) is 1. The molecule has 126 valence electrons. The molecule has 0 aromatic rings. The second kappa shape index (κ2) is 8.56. The molecule has 0 aromatic carbocycles. The van der Waals surface area contributed by atoms with E-state index in [2.05, 4.69) is 25.7 Å². The summed E-state index contributed by atoms with van der Waals surface area (Å²) in [6.07, 6.45) is 4.26. The third kappa shape index (κ3) is 4.98. The molecule has 1 aliphatic heterocycles. The lowest BCUT2D eigenvalue weighted by molar-refractivity contribution is -0.141. The molecule has 2 atom stereocenters. The molecule has 1 saturated heterocycles. The first-order chi connectivity index (χ1) is 8.92. The zero-order valence-corrected chi connectivity index (χ0v) is 15.1. The molecule has 1 amide bonds. The van der Waals surface area contributed by atoms with Gasteiger partial charge in [0.25, 0.3) is 0 Å². The van der Waals surface area contributed by atoms with Crippen molar-refractivity contribution in [3.05, 3.63) is 0 Å². The van der Waals surface area contributed by atoms with Crippen LogP contribution in [0.1, 0.15) is 46.5 Å². The van der Waals surface area contributed by atoms with E-state index in [0.29, 0.717) is 11.9 Å². The number of piperazine rings is 1. The van der Waals surface area contributed by atoms with Crippen LogP contribution in [0.2, 0.25) is 0 Å². The van der Waals surface area contributed by atoms with Crippen LogP contribution >= 0.6 is 24.8 Å². The zero-order valence-electron chi connectivity index (χ0n) is 13.5. The molecule has 2 fully saturated rings. The predicted molar refractivity (Wildman–Crippen MR) is 92.3 cm³/mol. The topological polar surface area (TPSA) is 49.6 Å². The molecule has 1 aliphatic carbocycles. The molecule has 0 aromatic heterocycles. The highest BCUT2D eigenvalue weighted by Crippen LogP contribution is 2.33. The molecular formula is C15H31Cl2N3O. The highest BCUT2D eigenvalue weighted by molar-refractivity contribution is 5.85. The first-order valence-corrected chi connectivity index (χ1v) is 7.73. The van der Waals surface area contributed by atoms with Gasteiger partial charge in [0.15, 0.2) is 0 Å². The van der Waals surface area contributed by atoms with Crippen LogP contribution in [0.4, 0.5) is 0 Å². The number of hydrogen-bond donors (Lipinski definition) is 1. The molecule has 0 spiro atoms. The van der Waals surface area contributed by atoms with Gasteiger partial charge in [-0.2, -0.15) is 0 Å². The quantitative estimate of drug-likeness (QED) is 0.839. The number of rotatable bonds is 2. The number of hydrogen-bond acceptors (Lipinski definition) is 3. The summed E-state index contributed by atoms with van der Waals surface area (Å²) in [5.74, 6) is 0.333. The van der Waals surface area contributed by atoms with Gasteiger partial charge in [0.05, 0.1) is 5.92 Å². The van der Waals surface area contributed by atoms with Gasteiger partial charge in [-0.1, -0.05) is 12.8 Å². The van der Waals surface area contributed by atoms with Crippen molar-refractivity contribution in [2.24, 2.45) is 11.7 Å². The minimum absolute atomic E-state index is 0. The summed E-state index contributed by atoms with van der Waals surface area (Å²) in [4.78, 5) is 17.2. The van der Waals surface area contributed by atoms with Gasteiger partial charge in [0.2, 0.25) is 5.91 Å². The van der Waals surface area contributed by atoms with Gasteiger partial charge >= 0.3 is 0 Å². The van der Waals surface area contributed by atoms with Crippen LogP contribution in [-0.2, 0) is 4.79 Å². The zero-order chi connectivity index (χ0) is 14.0. The summed E-state index contributed by atoms with van der Waals surface area (Å²) in [5.41, 5.74) is 6.05. The van der Waals surface area contributed by atoms with Gasteiger partial charge in [0.1, 0.15) is 0 Å². The van der Waals surface area contributed by atoms with Crippen LogP contribution in [-0.4, -0.2) is 53.5 Å². The van der Waals surface area contributed by atoms with E-state index in [9.17, 15) is 4.79 Å². The van der Waals surface area contributed by atoms with E-state index in [4.69, 9.17) is 5.73 Å². The van der Waals surface area contributed by atoms with Gasteiger partial charge in [0, 0.05) is 37.8 Å². The molecular weight excluding hydrogens is 309 g/mol. The van der Waals surface area contributed by atoms with E-state index < -0.39 is 0 Å². The third-order valence-corrected chi connectivity index (χ3v) is 4.91. The summed E-state index contributed by atoms with van der Waals surface area (Å²) < 4.78 is 0. The molecule has 2 unspecified atom stereocenters. The van der Waals surface area contributed by atoms with Crippen LogP contribution in [0.15, 0.2) is 0 Å². The molecule has 1 heterocycles. The number of nitrogens with zero attached hydrogens (tertiary/aromatic N) is 2. The van der Waals surface area contributed by atoms with E-state index in [1.807, 2.05) is 4.90 Å². The monoisotopic (exact) mass is 339 g/mol. The van der Waals surface area contributed by atoms with Crippen molar-refractivity contribution in [3.8, 4) is 0 Å². The van der Waals surface area contributed by atoms with Gasteiger partial charge in [-0.3, -0.25) is 9.69 Å². The summed E-state index contributed by atoms with van der Waals surface area (Å²) in [6, 6.07) is 0.576. The average molecular weight is 340 g/mol. The van der Waals surface area contributed by atoms with Crippen LogP contribution in [0.3, 0.4) is 0 Å². The maximum absolute atomic E-state index is 12.7. The average Bonchev–Trinajstić information content (AvgIpc) is 2.37. The molecule has 1 saturated carbocycles. The Bertz CT molecular complexity index is 329. The number of halogens is 2. The third-order valence-electron chi connectivity index (χ3n) is 4.91. The Hall–Kier alpha value is -0.0300. The summed E-state index contributed by atoms with van der Waals surface area (Å²) in [5, 5.41) is 0. The molecule has 2 rings (SSSR count). The Labute approximate surface area is 141 Å². The first-order valence-electron chi connectivity index (χ1n) is 7.73. The van der Waals surface area contributed by atoms with Gasteiger partial charge < -0.3 is 10.6 Å². The standard InChI is InChI=1S/C15H29N3O.2ClH/c1-12(2)17-8-10-18(11-9-17)14(19)13-6-4-5-7-15(13,3)16;;/h12-13H,4-11,16H2,1-3H3;2*1H. The fourth-order valence-electron chi connectivity index (χ4n) is 3.44. The fraction of sp³-hybridized carbons (Fsp3) is 0.933. The lowest BCUT2D eigenvalue weighted by Gasteiger charge is -2.43. The Kier molecular flexibility index (Phi) is 8.55. The molecule has 2 aliphatic rings. The molecule has 4 nitrogen and oxygen atoms in total. The van der Waals surface area contributed by atoms with Crippen LogP contribution in [0.25, 0.3) is 0 Å². The second-order valence-electron chi connectivity index (χ2n) is 6.76. The Morgan fingerprint density at radius 3 is 2.19 bits per heavy atom. The molecule has 6 heteroatoms. The van der Waals surface area contributed by atoms with Crippen molar-refractivity contribution in [1.29, 1.82) is 0 Å². The van der Waals surface area contributed by atoms with E-state index >= 15 is 0 Å². The van der Waals surface area contributed by atoms with E-state index in [-0.39, 0.29) is 36.3 Å². The maximum atomic E-state index is 12.7. The molecule has 0 radical (unpaired) electrons. The summed E-state index contributed by atoms with van der Waals surface area (Å²) >= 11 is 0. The minimum Gasteiger partial charge on any atom is -0.340 e.